The predicted molar refractivity (Wildman–Crippen MR) is 86.3 cm³/mol. The second kappa shape index (κ2) is 9.57. The molecule has 0 saturated heterocycles. The molecule has 19 heavy (non-hydrogen) atoms. The third-order valence-corrected chi connectivity index (χ3v) is 3.03. The Kier molecular flexibility index (Phi) is 7.92. The van der Waals surface area contributed by atoms with Crippen LogP contribution in [0.25, 0.3) is 0 Å². The second-order valence-corrected chi connectivity index (χ2v) is 4.86. The van der Waals surface area contributed by atoms with Gasteiger partial charge >= 0.3 is 0 Å². The van der Waals surface area contributed by atoms with Gasteiger partial charge in [-0.1, -0.05) is 17.8 Å². The average Bonchev–Trinajstić information content (AvgIpc) is 2.92. The summed E-state index contributed by atoms with van der Waals surface area (Å²) in [6.07, 6.45) is 12.1. The molecule has 0 aliphatic rings. The largest absolute Gasteiger partial charge is 0.362 e. The summed E-state index contributed by atoms with van der Waals surface area (Å²) in [6, 6.07) is 0. The maximum Gasteiger partial charge on any atom is 0.172 e. The van der Waals surface area contributed by atoms with Crippen LogP contribution in [0, 0.1) is 0 Å². The van der Waals surface area contributed by atoms with Gasteiger partial charge in [-0.25, -0.2) is 9.98 Å². The van der Waals surface area contributed by atoms with Crippen molar-refractivity contribution in [2.24, 2.45) is 4.99 Å². The van der Waals surface area contributed by atoms with E-state index in [1.165, 1.54) is 11.8 Å². The number of aromatic nitrogens is 2. The Morgan fingerprint density at radius 2 is 2.42 bits per heavy atom. The van der Waals surface area contributed by atoms with Gasteiger partial charge in [0.1, 0.15) is 0 Å². The molecule has 1 aromatic heterocycles. The number of rotatable bonds is 5. The molecule has 0 aliphatic heterocycles. The summed E-state index contributed by atoms with van der Waals surface area (Å²) in [5, 5.41) is 7.60. The standard InChI is InChI=1S/C12H19N5S2/c1-3-5-15-12(19-2)16-11(18)14-6-4-8-17-9-7-13-10-17/h3,5,7,9-10H,4,6,8H2,1-2H3,(H2,14,15,16,18)/b5-3-. The minimum absolute atomic E-state index is 0.600. The Bertz CT molecular complexity index is 425. The molecule has 2 N–H and O–H groups in total. The van der Waals surface area contributed by atoms with E-state index in [0.29, 0.717) is 5.11 Å². The number of nitrogens with one attached hydrogen (secondary N) is 2. The van der Waals surface area contributed by atoms with Gasteiger partial charge in [0, 0.05) is 31.7 Å². The lowest BCUT2D eigenvalue weighted by Crippen LogP contribution is -2.38. The van der Waals surface area contributed by atoms with Crippen LogP contribution in [0.15, 0.2) is 36.0 Å². The molecule has 0 fully saturated rings. The lowest BCUT2D eigenvalue weighted by molar-refractivity contribution is 0.630. The van der Waals surface area contributed by atoms with E-state index >= 15 is 0 Å². The minimum Gasteiger partial charge on any atom is -0.362 e. The van der Waals surface area contributed by atoms with Gasteiger partial charge < -0.3 is 15.2 Å². The smallest absolute Gasteiger partial charge is 0.172 e. The zero-order valence-corrected chi connectivity index (χ0v) is 12.8. The second-order valence-electron chi connectivity index (χ2n) is 3.66. The lowest BCUT2D eigenvalue weighted by atomic mass is 10.4. The molecule has 0 amide bonds. The molecule has 0 unspecified atom stereocenters. The molecule has 0 saturated carbocycles. The van der Waals surface area contributed by atoms with Crippen LogP contribution < -0.4 is 10.6 Å². The van der Waals surface area contributed by atoms with Crippen LogP contribution >= 0.6 is 24.0 Å². The average molecular weight is 297 g/mol. The number of aliphatic imine (C=N–C) groups is 1. The number of hydrogen-bond donors (Lipinski definition) is 2. The molecule has 0 aromatic carbocycles. The number of nitrogens with zero attached hydrogens (tertiary/aromatic N) is 3. The fourth-order valence-electron chi connectivity index (χ4n) is 1.30. The van der Waals surface area contributed by atoms with E-state index in [4.69, 9.17) is 12.2 Å². The van der Waals surface area contributed by atoms with Gasteiger partial charge in [0.15, 0.2) is 10.3 Å². The maximum atomic E-state index is 5.20. The van der Waals surface area contributed by atoms with Gasteiger partial charge in [0.2, 0.25) is 0 Å². The third kappa shape index (κ3) is 6.97. The van der Waals surface area contributed by atoms with Crippen LogP contribution in [0.2, 0.25) is 0 Å². The predicted octanol–water partition coefficient (Wildman–Crippen LogP) is 1.99. The number of imidazole rings is 1. The molecule has 5 nitrogen and oxygen atoms in total. The lowest BCUT2D eigenvalue weighted by Gasteiger charge is -2.10. The Morgan fingerprint density at radius 1 is 1.58 bits per heavy atom. The quantitative estimate of drug-likeness (QED) is 0.377. The molecule has 1 heterocycles. The molecule has 7 heteroatoms. The SMILES string of the molecule is C/C=C\N=C(NC(=S)NCCCn1ccnc1)SC. The van der Waals surface area contributed by atoms with Crippen LogP contribution in [0.1, 0.15) is 13.3 Å². The molecular weight excluding hydrogens is 278 g/mol. The first-order valence-corrected chi connectivity index (χ1v) is 7.63. The molecule has 1 rings (SSSR count). The van der Waals surface area contributed by atoms with Gasteiger partial charge in [0.25, 0.3) is 0 Å². The fourth-order valence-corrected chi connectivity index (χ4v) is 1.94. The normalized spacial score (nSPS) is 11.8. The van der Waals surface area contributed by atoms with Crippen molar-refractivity contribution in [3.8, 4) is 0 Å². The van der Waals surface area contributed by atoms with Crippen molar-refractivity contribution in [1.29, 1.82) is 0 Å². The molecule has 104 valence electrons. The number of aryl methyl sites for hydroxylation is 1. The molecule has 0 aliphatic carbocycles. The highest BCUT2D eigenvalue weighted by Gasteiger charge is 1.99. The monoisotopic (exact) mass is 297 g/mol. The fraction of sp³-hybridized carbons (Fsp3) is 0.417. The topological polar surface area (TPSA) is 54.2 Å². The minimum atomic E-state index is 0.600. The van der Waals surface area contributed by atoms with E-state index in [-0.39, 0.29) is 0 Å². The van der Waals surface area contributed by atoms with E-state index in [2.05, 4.69) is 20.6 Å². The molecule has 0 bridgehead atoms. The summed E-state index contributed by atoms with van der Waals surface area (Å²) < 4.78 is 2.04. The summed E-state index contributed by atoms with van der Waals surface area (Å²) >= 11 is 6.72. The highest BCUT2D eigenvalue weighted by Crippen LogP contribution is 1.95. The van der Waals surface area contributed by atoms with E-state index in [1.807, 2.05) is 36.3 Å². The van der Waals surface area contributed by atoms with Crippen molar-refractivity contribution >= 4 is 34.3 Å². The van der Waals surface area contributed by atoms with E-state index in [9.17, 15) is 0 Å². The highest BCUT2D eigenvalue weighted by molar-refractivity contribution is 8.13. The summed E-state index contributed by atoms with van der Waals surface area (Å²) in [5.41, 5.74) is 0. The molecule has 0 spiro atoms. The first kappa shape index (κ1) is 15.7. The summed E-state index contributed by atoms with van der Waals surface area (Å²) in [6.45, 7) is 3.67. The van der Waals surface area contributed by atoms with E-state index in [0.717, 1.165) is 24.7 Å². The van der Waals surface area contributed by atoms with Crippen LogP contribution in [-0.4, -0.2) is 32.6 Å². The van der Waals surface area contributed by atoms with E-state index in [1.54, 1.807) is 12.4 Å². The first-order chi connectivity index (χ1) is 9.26. The van der Waals surface area contributed by atoms with Crippen molar-refractivity contribution in [3.63, 3.8) is 0 Å². The number of allylic oxidation sites excluding steroid dienone is 1. The zero-order valence-electron chi connectivity index (χ0n) is 11.2. The Hall–Kier alpha value is -1.34. The third-order valence-electron chi connectivity index (χ3n) is 2.19. The Labute approximate surface area is 123 Å². The van der Waals surface area contributed by atoms with Crippen LogP contribution in [0.5, 0.6) is 0 Å². The summed E-state index contributed by atoms with van der Waals surface area (Å²) in [7, 11) is 0. The van der Waals surface area contributed by atoms with Crippen LogP contribution in [0.3, 0.4) is 0 Å². The van der Waals surface area contributed by atoms with Gasteiger partial charge in [-0.15, -0.1) is 0 Å². The van der Waals surface area contributed by atoms with Gasteiger partial charge in [-0.2, -0.15) is 0 Å². The van der Waals surface area contributed by atoms with Crippen molar-refractivity contribution in [2.75, 3.05) is 12.8 Å². The number of amidine groups is 1. The van der Waals surface area contributed by atoms with E-state index < -0.39 is 0 Å². The number of thiocarbonyl (C=S) groups is 1. The first-order valence-electron chi connectivity index (χ1n) is 5.99. The van der Waals surface area contributed by atoms with Gasteiger partial charge in [-0.3, -0.25) is 0 Å². The molecule has 1 aromatic rings. The summed E-state index contributed by atoms with van der Waals surface area (Å²) in [4.78, 5) is 8.21. The van der Waals surface area contributed by atoms with Crippen molar-refractivity contribution in [1.82, 2.24) is 20.2 Å². The van der Waals surface area contributed by atoms with Gasteiger partial charge in [-0.05, 0) is 31.8 Å². The van der Waals surface area contributed by atoms with Crippen molar-refractivity contribution in [3.05, 3.63) is 31.0 Å². The zero-order chi connectivity index (χ0) is 13.9. The Morgan fingerprint density at radius 3 is 3.05 bits per heavy atom. The number of thioether (sulfide) groups is 1. The highest BCUT2D eigenvalue weighted by atomic mass is 32.2. The maximum absolute atomic E-state index is 5.20. The number of hydrogen-bond acceptors (Lipinski definition) is 4. The van der Waals surface area contributed by atoms with Crippen LogP contribution in [0.4, 0.5) is 0 Å². The van der Waals surface area contributed by atoms with Gasteiger partial charge in [0.05, 0.1) is 6.33 Å². The Balaban J connectivity index is 2.20. The van der Waals surface area contributed by atoms with Crippen molar-refractivity contribution in [2.45, 2.75) is 19.9 Å². The molecule has 0 radical (unpaired) electrons. The van der Waals surface area contributed by atoms with Crippen LogP contribution in [-0.2, 0) is 6.54 Å². The molecular formula is C12H19N5S2. The van der Waals surface area contributed by atoms with Crippen molar-refractivity contribution < 1.29 is 0 Å². The molecule has 0 atom stereocenters. The summed E-state index contributed by atoms with van der Waals surface area (Å²) in [5.74, 6) is 0.